The van der Waals surface area contributed by atoms with Crippen LogP contribution in [0.2, 0.25) is 0 Å². The van der Waals surface area contributed by atoms with Crippen molar-refractivity contribution in [1.29, 1.82) is 0 Å². The second kappa shape index (κ2) is 6.80. The number of alkyl halides is 1. The molecule has 0 saturated carbocycles. The van der Waals surface area contributed by atoms with Crippen LogP contribution in [-0.2, 0) is 10.6 Å². The second-order valence-corrected chi connectivity index (χ2v) is 4.67. The maximum Gasteiger partial charge on any atom is 0.385 e. The molecule has 114 valence electrons. The Balaban J connectivity index is 2.04. The average molecular weight is 303 g/mol. The Bertz CT molecular complexity index is 648. The first-order valence-electron chi connectivity index (χ1n) is 6.67. The van der Waals surface area contributed by atoms with Crippen molar-refractivity contribution in [1.82, 2.24) is 0 Å². The molecular weight excluding hydrogens is 289 g/mol. The van der Waals surface area contributed by atoms with Gasteiger partial charge >= 0.3 is 11.8 Å². The lowest BCUT2D eigenvalue weighted by molar-refractivity contribution is -0.618. The van der Waals surface area contributed by atoms with Crippen molar-refractivity contribution >= 4 is 5.97 Å². The molecule has 1 unspecified atom stereocenters. The summed E-state index contributed by atoms with van der Waals surface area (Å²) in [5.41, 5.74) is -0.0903. The molecule has 0 aromatic heterocycles. The monoisotopic (exact) mass is 303 g/mol. The van der Waals surface area contributed by atoms with E-state index in [2.05, 4.69) is 0 Å². The Morgan fingerprint density at radius 3 is 2.18 bits per heavy atom. The number of carbonyl (C=O) groups is 1. The van der Waals surface area contributed by atoms with Gasteiger partial charge in [0.05, 0.1) is 23.3 Å². The fraction of sp³-hybridized carbons (Fsp3) is 0.188. The molecule has 0 fully saturated rings. The van der Waals surface area contributed by atoms with Crippen LogP contribution in [-0.4, -0.2) is 10.9 Å². The number of para-hydroxylation sites is 1. The maximum atomic E-state index is 14.6. The quantitative estimate of drug-likeness (QED) is 0.269. The standard InChI is InChI=1S/C16H14FNO4/c17-16(18(20)21,13-7-3-1-4-8-13)12-11-15(19)22-14-9-5-2-6-10-14/h1-10H,11-12H2. The summed E-state index contributed by atoms with van der Waals surface area (Å²) >= 11 is 0. The molecular formula is C16H14FNO4. The van der Waals surface area contributed by atoms with Crippen molar-refractivity contribution in [2.24, 2.45) is 0 Å². The van der Waals surface area contributed by atoms with E-state index in [0.717, 1.165) is 0 Å². The van der Waals surface area contributed by atoms with Crippen LogP contribution in [0, 0.1) is 10.1 Å². The van der Waals surface area contributed by atoms with E-state index in [4.69, 9.17) is 4.74 Å². The summed E-state index contributed by atoms with van der Waals surface area (Å²) in [6, 6.07) is 15.6. The van der Waals surface area contributed by atoms with Gasteiger partial charge in [0.15, 0.2) is 0 Å². The van der Waals surface area contributed by atoms with Gasteiger partial charge in [0.2, 0.25) is 0 Å². The van der Waals surface area contributed by atoms with Crippen molar-refractivity contribution in [2.45, 2.75) is 18.6 Å². The fourth-order valence-corrected chi connectivity index (χ4v) is 1.97. The summed E-state index contributed by atoms with van der Waals surface area (Å²) in [7, 11) is 0. The number of hydrogen-bond donors (Lipinski definition) is 0. The zero-order valence-corrected chi connectivity index (χ0v) is 11.6. The SMILES string of the molecule is O=C(CCC(F)(c1ccccc1)[N+](=O)[O-])Oc1ccccc1. The van der Waals surface area contributed by atoms with Crippen molar-refractivity contribution in [2.75, 3.05) is 0 Å². The zero-order chi connectivity index (χ0) is 16.0. The van der Waals surface area contributed by atoms with Crippen molar-refractivity contribution in [3.63, 3.8) is 0 Å². The highest BCUT2D eigenvalue weighted by Crippen LogP contribution is 2.32. The van der Waals surface area contributed by atoms with E-state index in [9.17, 15) is 19.3 Å². The lowest BCUT2D eigenvalue weighted by Gasteiger charge is -2.16. The van der Waals surface area contributed by atoms with Crippen LogP contribution in [0.3, 0.4) is 0 Å². The minimum atomic E-state index is -2.81. The van der Waals surface area contributed by atoms with Gasteiger partial charge in [0.25, 0.3) is 0 Å². The normalized spacial score (nSPS) is 13.1. The predicted octanol–water partition coefficient (Wildman–Crippen LogP) is 3.47. The van der Waals surface area contributed by atoms with E-state index in [0.29, 0.717) is 5.75 Å². The first-order chi connectivity index (χ1) is 10.5. The summed E-state index contributed by atoms with van der Waals surface area (Å²) in [6.07, 6.45) is -0.989. The van der Waals surface area contributed by atoms with Gasteiger partial charge in [-0.3, -0.25) is 14.9 Å². The van der Waals surface area contributed by atoms with Crippen LogP contribution in [0.1, 0.15) is 18.4 Å². The molecule has 2 rings (SSSR count). The molecule has 0 radical (unpaired) electrons. The lowest BCUT2D eigenvalue weighted by Crippen LogP contribution is -2.31. The Kier molecular flexibility index (Phi) is 4.83. The summed E-state index contributed by atoms with van der Waals surface area (Å²) in [6.45, 7) is 0. The van der Waals surface area contributed by atoms with Gasteiger partial charge in [-0.05, 0) is 24.3 Å². The van der Waals surface area contributed by atoms with E-state index in [1.54, 1.807) is 36.4 Å². The van der Waals surface area contributed by atoms with E-state index in [-0.39, 0.29) is 5.56 Å². The first-order valence-corrected chi connectivity index (χ1v) is 6.67. The molecule has 0 aliphatic carbocycles. The second-order valence-electron chi connectivity index (χ2n) is 4.67. The summed E-state index contributed by atoms with van der Waals surface area (Å²) in [5, 5.41) is 11.1. The molecule has 0 bridgehead atoms. The highest BCUT2D eigenvalue weighted by atomic mass is 19.1. The third-order valence-electron chi connectivity index (χ3n) is 3.14. The molecule has 6 heteroatoms. The average Bonchev–Trinajstić information content (AvgIpc) is 2.54. The number of benzene rings is 2. The Hall–Kier alpha value is -2.76. The highest BCUT2D eigenvalue weighted by molar-refractivity contribution is 5.72. The molecule has 1 atom stereocenters. The third-order valence-corrected chi connectivity index (χ3v) is 3.14. The third kappa shape index (κ3) is 3.66. The number of esters is 1. The van der Waals surface area contributed by atoms with Gasteiger partial charge in [0, 0.05) is 0 Å². The largest absolute Gasteiger partial charge is 0.427 e. The summed E-state index contributed by atoms with van der Waals surface area (Å²) in [4.78, 5) is 21.8. The molecule has 0 aliphatic rings. The van der Waals surface area contributed by atoms with E-state index in [1.807, 2.05) is 0 Å². The van der Waals surface area contributed by atoms with Gasteiger partial charge in [-0.1, -0.05) is 36.4 Å². The first kappa shape index (κ1) is 15.6. The van der Waals surface area contributed by atoms with Crippen molar-refractivity contribution in [3.8, 4) is 5.75 Å². The van der Waals surface area contributed by atoms with Crippen LogP contribution in [0.5, 0.6) is 5.75 Å². The Morgan fingerprint density at radius 2 is 1.64 bits per heavy atom. The molecule has 0 saturated heterocycles. The molecule has 0 N–H and O–H groups in total. The topological polar surface area (TPSA) is 69.4 Å². The van der Waals surface area contributed by atoms with Gasteiger partial charge in [0.1, 0.15) is 5.75 Å². The summed E-state index contributed by atoms with van der Waals surface area (Å²) < 4.78 is 19.6. The molecule has 5 nitrogen and oxygen atoms in total. The van der Waals surface area contributed by atoms with Crippen LogP contribution in [0.4, 0.5) is 4.39 Å². The Morgan fingerprint density at radius 1 is 1.09 bits per heavy atom. The number of carbonyl (C=O) groups excluding carboxylic acids is 1. The highest BCUT2D eigenvalue weighted by Gasteiger charge is 2.45. The van der Waals surface area contributed by atoms with Crippen molar-refractivity contribution < 1.29 is 18.8 Å². The molecule has 2 aromatic carbocycles. The lowest BCUT2D eigenvalue weighted by atomic mass is 10.00. The molecule has 0 aliphatic heterocycles. The van der Waals surface area contributed by atoms with Crippen LogP contribution in [0.25, 0.3) is 0 Å². The van der Waals surface area contributed by atoms with Crippen LogP contribution in [0.15, 0.2) is 60.7 Å². The number of halogens is 1. The van der Waals surface area contributed by atoms with E-state index < -0.39 is 29.5 Å². The smallest absolute Gasteiger partial charge is 0.385 e. The van der Waals surface area contributed by atoms with Gasteiger partial charge in [-0.15, -0.1) is 0 Å². The van der Waals surface area contributed by atoms with Crippen LogP contribution >= 0.6 is 0 Å². The fourth-order valence-electron chi connectivity index (χ4n) is 1.97. The maximum absolute atomic E-state index is 14.6. The van der Waals surface area contributed by atoms with Crippen LogP contribution < -0.4 is 4.74 Å². The number of nitrogens with zero attached hydrogens (tertiary/aromatic N) is 1. The molecule has 0 spiro atoms. The predicted molar refractivity (Wildman–Crippen MR) is 77.5 cm³/mol. The number of nitro groups is 1. The van der Waals surface area contributed by atoms with Crippen molar-refractivity contribution in [3.05, 3.63) is 76.3 Å². The number of hydrogen-bond acceptors (Lipinski definition) is 4. The van der Waals surface area contributed by atoms with Gasteiger partial charge in [-0.25, -0.2) is 0 Å². The zero-order valence-electron chi connectivity index (χ0n) is 11.6. The van der Waals surface area contributed by atoms with E-state index in [1.165, 1.54) is 24.3 Å². The number of ether oxygens (including phenoxy) is 1. The molecule has 0 heterocycles. The minimum absolute atomic E-state index is 0.0903. The van der Waals surface area contributed by atoms with Gasteiger partial charge < -0.3 is 4.74 Å². The Labute approximate surface area is 126 Å². The molecule has 22 heavy (non-hydrogen) atoms. The molecule has 2 aromatic rings. The van der Waals surface area contributed by atoms with E-state index >= 15 is 0 Å². The van der Waals surface area contributed by atoms with Gasteiger partial charge in [-0.2, -0.15) is 4.39 Å². The summed E-state index contributed by atoms with van der Waals surface area (Å²) in [5.74, 6) is -3.21. The minimum Gasteiger partial charge on any atom is -0.427 e. The molecule has 0 amide bonds. The number of rotatable bonds is 6.